The average Bonchev–Trinajstić information content (AvgIpc) is 2.82. The van der Waals surface area contributed by atoms with Gasteiger partial charge in [-0.15, -0.1) is 0 Å². The molecule has 0 radical (unpaired) electrons. The maximum absolute atomic E-state index is 12.1. The number of pyridine rings is 1. The van der Waals surface area contributed by atoms with Crippen molar-refractivity contribution < 1.29 is 4.79 Å². The lowest BCUT2D eigenvalue weighted by Crippen LogP contribution is -2.12. The zero-order valence-electron chi connectivity index (χ0n) is 9.62. The summed E-state index contributed by atoms with van der Waals surface area (Å²) in [4.78, 5) is 19.8. The van der Waals surface area contributed by atoms with E-state index in [0.717, 1.165) is 5.52 Å². The first kappa shape index (κ1) is 11.6. The third-order valence-corrected chi connectivity index (χ3v) is 2.72. The molecular formula is C12H8ClN5O. The van der Waals surface area contributed by atoms with Gasteiger partial charge in [0, 0.05) is 12.4 Å². The first-order valence-corrected chi connectivity index (χ1v) is 5.84. The molecule has 3 heterocycles. The molecule has 0 fully saturated rings. The number of carbonyl (C=O) groups is 1. The molecule has 6 nitrogen and oxygen atoms in total. The minimum absolute atomic E-state index is 0.0812. The van der Waals surface area contributed by atoms with Crippen molar-refractivity contribution in [2.24, 2.45) is 0 Å². The predicted molar refractivity (Wildman–Crippen MR) is 70.2 cm³/mol. The Hall–Kier alpha value is -2.47. The Balaban J connectivity index is 1.92. The van der Waals surface area contributed by atoms with Crippen molar-refractivity contribution in [1.82, 2.24) is 19.6 Å². The number of nitrogens with zero attached hydrogens (tertiary/aromatic N) is 4. The van der Waals surface area contributed by atoms with Gasteiger partial charge in [-0.3, -0.25) is 4.79 Å². The highest BCUT2D eigenvalue weighted by atomic mass is 35.5. The molecule has 0 aliphatic rings. The van der Waals surface area contributed by atoms with Gasteiger partial charge in [0.05, 0.1) is 17.3 Å². The fraction of sp³-hybridized carbons (Fsp3) is 0. The van der Waals surface area contributed by atoms with Crippen LogP contribution in [0.15, 0.2) is 42.9 Å². The minimum Gasteiger partial charge on any atom is -0.306 e. The summed E-state index contributed by atoms with van der Waals surface area (Å²) in [5, 5.41) is 6.83. The first-order valence-electron chi connectivity index (χ1n) is 5.46. The number of anilines is 1. The van der Waals surface area contributed by atoms with Gasteiger partial charge < -0.3 is 5.32 Å². The lowest BCUT2D eigenvalue weighted by molar-refractivity contribution is 0.102. The van der Waals surface area contributed by atoms with Crippen molar-refractivity contribution in [2.75, 3.05) is 5.32 Å². The molecule has 3 rings (SSSR count). The van der Waals surface area contributed by atoms with E-state index in [1.807, 2.05) is 18.2 Å². The van der Waals surface area contributed by atoms with Gasteiger partial charge in [0.2, 0.25) is 5.28 Å². The van der Waals surface area contributed by atoms with Gasteiger partial charge in [-0.1, -0.05) is 6.07 Å². The van der Waals surface area contributed by atoms with Crippen LogP contribution < -0.4 is 5.32 Å². The fourth-order valence-electron chi connectivity index (χ4n) is 1.70. The molecule has 94 valence electrons. The minimum atomic E-state index is -0.295. The van der Waals surface area contributed by atoms with Crippen molar-refractivity contribution in [2.45, 2.75) is 0 Å². The van der Waals surface area contributed by atoms with E-state index in [9.17, 15) is 4.79 Å². The molecule has 0 bridgehead atoms. The number of rotatable bonds is 2. The second-order valence-corrected chi connectivity index (χ2v) is 4.09. The van der Waals surface area contributed by atoms with Gasteiger partial charge in [-0.2, -0.15) is 5.10 Å². The predicted octanol–water partition coefficient (Wildman–Crippen LogP) is 2.03. The Labute approximate surface area is 113 Å². The number of hydrogen-bond donors (Lipinski definition) is 1. The van der Waals surface area contributed by atoms with Crippen LogP contribution in [0.25, 0.3) is 5.52 Å². The molecular weight excluding hydrogens is 266 g/mol. The third kappa shape index (κ3) is 2.25. The van der Waals surface area contributed by atoms with Crippen LogP contribution in [0.2, 0.25) is 5.28 Å². The van der Waals surface area contributed by atoms with Crippen LogP contribution >= 0.6 is 11.6 Å². The van der Waals surface area contributed by atoms with Gasteiger partial charge >= 0.3 is 0 Å². The number of carbonyl (C=O) groups excluding carboxylic acids is 1. The van der Waals surface area contributed by atoms with Crippen molar-refractivity contribution in [1.29, 1.82) is 0 Å². The Bertz CT molecular complexity index is 754. The summed E-state index contributed by atoms with van der Waals surface area (Å²) >= 11 is 5.66. The van der Waals surface area contributed by atoms with Crippen LogP contribution in [-0.2, 0) is 0 Å². The summed E-state index contributed by atoms with van der Waals surface area (Å²) in [5.74, 6) is 0.0521. The average molecular weight is 274 g/mol. The quantitative estimate of drug-likeness (QED) is 0.725. The molecule has 0 unspecified atom stereocenters. The number of nitrogens with one attached hydrogen (secondary N) is 1. The monoisotopic (exact) mass is 273 g/mol. The highest BCUT2D eigenvalue weighted by Crippen LogP contribution is 2.13. The Kier molecular flexibility index (Phi) is 2.85. The molecule has 7 heteroatoms. The van der Waals surface area contributed by atoms with E-state index >= 15 is 0 Å². The smallest absolute Gasteiger partial charge is 0.260 e. The molecule has 0 aliphatic heterocycles. The molecule has 1 N–H and O–H groups in total. The van der Waals surface area contributed by atoms with Crippen LogP contribution in [0.4, 0.5) is 5.82 Å². The van der Waals surface area contributed by atoms with Crippen LogP contribution in [0.5, 0.6) is 0 Å². The highest BCUT2D eigenvalue weighted by Gasteiger charge is 2.13. The van der Waals surface area contributed by atoms with E-state index in [2.05, 4.69) is 20.4 Å². The Morgan fingerprint density at radius 2 is 2.21 bits per heavy atom. The normalized spacial score (nSPS) is 10.6. The maximum atomic E-state index is 12.1. The van der Waals surface area contributed by atoms with E-state index in [4.69, 9.17) is 11.6 Å². The molecule has 1 amide bonds. The molecule has 0 atom stereocenters. The molecule has 3 aromatic heterocycles. The fourth-order valence-corrected chi connectivity index (χ4v) is 1.85. The molecule has 0 spiro atoms. The zero-order chi connectivity index (χ0) is 13.2. The van der Waals surface area contributed by atoms with Gasteiger partial charge in [0.15, 0.2) is 0 Å². The van der Waals surface area contributed by atoms with Crippen LogP contribution in [0.3, 0.4) is 0 Å². The van der Waals surface area contributed by atoms with Crippen molar-refractivity contribution in [3.05, 3.63) is 53.7 Å². The largest absolute Gasteiger partial charge is 0.306 e. The lowest BCUT2D eigenvalue weighted by atomic mass is 10.2. The Morgan fingerprint density at radius 1 is 1.32 bits per heavy atom. The summed E-state index contributed by atoms with van der Waals surface area (Å²) < 4.78 is 1.63. The Morgan fingerprint density at radius 3 is 3.05 bits per heavy atom. The number of halogens is 1. The van der Waals surface area contributed by atoms with Gasteiger partial charge in [-0.25, -0.2) is 14.5 Å². The lowest BCUT2D eigenvalue weighted by Gasteiger charge is -2.02. The number of aromatic nitrogens is 4. The van der Waals surface area contributed by atoms with E-state index in [0.29, 0.717) is 11.4 Å². The van der Waals surface area contributed by atoms with Crippen LogP contribution in [0.1, 0.15) is 10.4 Å². The van der Waals surface area contributed by atoms with E-state index in [-0.39, 0.29) is 11.2 Å². The molecule has 0 saturated heterocycles. The summed E-state index contributed by atoms with van der Waals surface area (Å²) in [7, 11) is 0. The topological polar surface area (TPSA) is 72.2 Å². The standard InChI is InChI=1S/C12H8ClN5O/c13-12-14-5-4-10(17-12)16-11(19)8-7-15-18-6-2-1-3-9(8)18/h1-7H,(H,14,16,17,19). The van der Waals surface area contributed by atoms with Crippen molar-refractivity contribution in [3.63, 3.8) is 0 Å². The summed E-state index contributed by atoms with van der Waals surface area (Å²) in [6.07, 6.45) is 4.75. The number of hydrogen-bond acceptors (Lipinski definition) is 4. The van der Waals surface area contributed by atoms with Gasteiger partial charge in [0.25, 0.3) is 5.91 Å². The molecule has 0 aromatic carbocycles. The van der Waals surface area contributed by atoms with Gasteiger partial charge in [0.1, 0.15) is 5.82 Å². The molecule has 3 aromatic rings. The summed E-state index contributed by atoms with van der Waals surface area (Å²) in [6.45, 7) is 0. The van der Waals surface area contributed by atoms with Crippen LogP contribution in [0, 0.1) is 0 Å². The van der Waals surface area contributed by atoms with Gasteiger partial charge in [-0.05, 0) is 29.8 Å². The molecule has 0 aliphatic carbocycles. The highest BCUT2D eigenvalue weighted by molar-refractivity contribution is 6.28. The van der Waals surface area contributed by atoms with Crippen molar-refractivity contribution in [3.8, 4) is 0 Å². The first-order chi connectivity index (χ1) is 9.24. The second kappa shape index (κ2) is 4.66. The summed E-state index contributed by atoms with van der Waals surface area (Å²) in [5.41, 5.74) is 1.19. The maximum Gasteiger partial charge on any atom is 0.260 e. The second-order valence-electron chi connectivity index (χ2n) is 3.75. The SMILES string of the molecule is O=C(Nc1ccnc(Cl)n1)c1cnn2ccccc12. The molecule has 0 saturated carbocycles. The van der Waals surface area contributed by atoms with Crippen molar-refractivity contribution >= 4 is 28.8 Å². The van der Waals surface area contributed by atoms with E-state index in [1.165, 1.54) is 12.4 Å². The summed E-state index contributed by atoms with van der Waals surface area (Å²) in [6, 6.07) is 7.06. The third-order valence-electron chi connectivity index (χ3n) is 2.54. The van der Waals surface area contributed by atoms with Crippen LogP contribution in [-0.4, -0.2) is 25.5 Å². The zero-order valence-corrected chi connectivity index (χ0v) is 10.4. The van der Waals surface area contributed by atoms with E-state index < -0.39 is 0 Å². The molecule has 19 heavy (non-hydrogen) atoms. The number of amides is 1. The van der Waals surface area contributed by atoms with E-state index in [1.54, 1.807) is 16.8 Å². The number of fused-ring (bicyclic) bond motifs is 1.